The molecular weight excluding hydrogens is 294 g/mol. The summed E-state index contributed by atoms with van der Waals surface area (Å²) in [6.07, 6.45) is 3.41. The van der Waals surface area contributed by atoms with Gasteiger partial charge in [-0.3, -0.25) is 4.79 Å². The molecule has 0 unspecified atom stereocenters. The SMILES string of the molecule is CC(C)c1ccc(NC(=O)/C=C/c2ccc(C(C)(C)C)cc2)cc1. The van der Waals surface area contributed by atoms with Gasteiger partial charge in [0.25, 0.3) is 0 Å². The molecule has 0 heterocycles. The van der Waals surface area contributed by atoms with Crippen molar-refractivity contribution < 1.29 is 4.79 Å². The number of carbonyl (C=O) groups excluding carboxylic acids is 1. The van der Waals surface area contributed by atoms with Crippen molar-refractivity contribution in [3.05, 3.63) is 71.3 Å². The third kappa shape index (κ3) is 5.09. The predicted molar refractivity (Wildman–Crippen MR) is 103 cm³/mol. The minimum Gasteiger partial charge on any atom is -0.323 e. The quantitative estimate of drug-likeness (QED) is 0.713. The van der Waals surface area contributed by atoms with Crippen LogP contribution in [0.4, 0.5) is 5.69 Å². The van der Waals surface area contributed by atoms with Gasteiger partial charge in [0.1, 0.15) is 0 Å². The molecule has 0 radical (unpaired) electrons. The van der Waals surface area contributed by atoms with E-state index in [1.54, 1.807) is 6.08 Å². The maximum absolute atomic E-state index is 12.0. The van der Waals surface area contributed by atoms with Crippen molar-refractivity contribution in [1.29, 1.82) is 0 Å². The predicted octanol–water partition coefficient (Wildman–Crippen LogP) is 5.76. The lowest BCUT2D eigenvalue weighted by Gasteiger charge is -2.18. The van der Waals surface area contributed by atoms with Gasteiger partial charge in [0.15, 0.2) is 0 Å². The monoisotopic (exact) mass is 321 g/mol. The van der Waals surface area contributed by atoms with Crippen LogP contribution in [0.3, 0.4) is 0 Å². The first-order valence-electron chi connectivity index (χ1n) is 8.45. The maximum Gasteiger partial charge on any atom is 0.248 e. The molecule has 2 heteroatoms. The van der Waals surface area contributed by atoms with E-state index in [1.165, 1.54) is 11.1 Å². The van der Waals surface area contributed by atoms with Crippen molar-refractivity contribution in [3.63, 3.8) is 0 Å². The van der Waals surface area contributed by atoms with Crippen LogP contribution in [0.5, 0.6) is 0 Å². The van der Waals surface area contributed by atoms with Crippen molar-refractivity contribution in [2.24, 2.45) is 0 Å². The zero-order chi connectivity index (χ0) is 17.7. The first-order valence-corrected chi connectivity index (χ1v) is 8.45. The van der Waals surface area contributed by atoms with Crippen LogP contribution in [-0.4, -0.2) is 5.91 Å². The number of benzene rings is 2. The summed E-state index contributed by atoms with van der Waals surface area (Å²) in [7, 11) is 0. The van der Waals surface area contributed by atoms with Gasteiger partial charge in [-0.05, 0) is 46.2 Å². The number of anilines is 1. The van der Waals surface area contributed by atoms with Gasteiger partial charge >= 0.3 is 0 Å². The number of carbonyl (C=O) groups is 1. The van der Waals surface area contributed by atoms with Crippen LogP contribution in [0.2, 0.25) is 0 Å². The molecule has 2 aromatic carbocycles. The molecular formula is C22H27NO. The molecule has 126 valence electrons. The molecule has 0 bridgehead atoms. The molecule has 24 heavy (non-hydrogen) atoms. The van der Waals surface area contributed by atoms with Crippen LogP contribution >= 0.6 is 0 Å². The van der Waals surface area contributed by atoms with Gasteiger partial charge in [-0.2, -0.15) is 0 Å². The Bertz CT molecular complexity index is 701. The van der Waals surface area contributed by atoms with Gasteiger partial charge in [-0.25, -0.2) is 0 Å². The Morgan fingerprint density at radius 2 is 1.54 bits per heavy atom. The van der Waals surface area contributed by atoms with Gasteiger partial charge < -0.3 is 5.32 Å². The highest BCUT2D eigenvalue weighted by Crippen LogP contribution is 2.22. The van der Waals surface area contributed by atoms with Crippen molar-refractivity contribution in [1.82, 2.24) is 0 Å². The molecule has 0 fully saturated rings. The summed E-state index contributed by atoms with van der Waals surface area (Å²) in [5.41, 5.74) is 4.53. The normalized spacial score (nSPS) is 11.9. The highest BCUT2D eigenvalue weighted by atomic mass is 16.1. The van der Waals surface area contributed by atoms with Gasteiger partial charge in [-0.15, -0.1) is 0 Å². The maximum atomic E-state index is 12.0. The number of hydrogen-bond acceptors (Lipinski definition) is 1. The summed E-state index contributed by atoms with van der Waals surface area (Å²) in [5, 5.41) is 2.89. The molecule has 0 aliphatic heterocycles. The average molecular weight is 321 g/mol. The Morgan fingerprint density at radius 1 is 0.958 bits per heavy atom. The average Bonchev–Trinajstić information content (AvgIpc) is 2.53. The molecule has 1 N–H and O–H groups in total. The molecule has 0 aromatic heterocycles. The summed E-state index contributed by atoms with van der Waals surface area (Å²) < 4.78 is 0. The smallest absolute Gasteiger partial charge is 0.248 e. The van der Waals surface area contributed by atoms with E-state index in [9.17, 15) is 4.79 Å². The third-order valence-corrected chi connectivity index (χ3v) is 4.05. The van der Waals surface area contributed by atoms with Crippen LogP contribution in [0.15, 0.2) is 54.6 Å². The number of rotatable bonds is 4. The molecule has 0 saturated carbocycles. The summed E-state index contributed by atoms with van der Waals surface area (Å²) in [4.78, 5) is 12.0. The summed E-state index contributed by atoms with van der Waals surface area (Å²) in [6.45, 7) is 10.9. The fraction of sp³-hybridized carbons (Fsp3) is 0.318. The zero-order valence-corrected chi connectivity index (χ0v) is 15.3. The topological polar surface area (TPSA) is 29.1 Å². The summed E-state index contributed by atoms with van der Waals surface area (Å²) in [6, 6.07) is 16.3. The van der Waals surface area contributed by atoms with Crippen molar-refractivity contribution in [2.45, 2.75) is 46.0 Å². The van der Waals surface area contributed by atoms with Crippen LogP contribution in [0.1, 0.15) is 57.2 Å². The second-order valence-electron chi connectivity index (χ2n) is 7.47. The molecule has 1 amide bonds. The highest BCUT2D eigenvalue weighted by molar-refractivity contribution is 6.01. The van der Waals surface area contributed by atoms with Gasteiger partial charge in [-0.1, -0.05) is 71.0 Å². The summed E-state index contributed by atoms with van der Waals surface area (Å²) in [5.74, 6) is 0.373. The molecule has 0 aliphatic carbocycles. The largest absolute Gasteiger partial charge is 0.323 e. The molecule has 2 rings (SSSR count). The Morgan fingerprint density at radius 3 is 2.04 bits per heavy atom. The Kier molecular flexibility index (Phi) is 5.61. The molecule has 0 aliphatic rings. The minimum absolute atomic E-state index is 0.118. The molecule has 0 saturated heterocycles. The summed E-state index contributed by atoms with van der Waals surface area (Å²) >= 11 is 0. The minimum atomic E-state index is -0.118. The lowest BCUT2D eigenvalue weighted by molar-refractivity contribution is -0.111. The zero-order valence-electron chi connectivity index (χ0n) is 15.3. The van der Waals surface area contributed by atoms with Gasteiger partial charge in [0.2, 0.25) is 5.91 Å². The van der Waals surface area contributed by atoms with Crippen LogP contribution in [-0.2, 0) is 10.2 Å². The molecule has 2 aromatic rings. The second kappa shape index (κ2) is 7.48. The Labute approximate surface area is 145 Å². The Hall–Kier alpha value is -2.35. The number of hydrogen-bond donors (Lipinski definition) is 1. The standard InChI is InChI=1S/C22H27NO/c1-16(2)18-9-13-20(14-10-18)23-21(24)15-8-17-6-11-19(12-7-17)22(3,4)5/h6-16H,1-5H3,(H,23,24)/b15-8+. The van der Waals surface area contributed by atoms with E-state index in [0.29, 0.717) is 5.92 Å². The first-order chi connectivity index (χ1) is 11.3. The van der Waals surface area contributed by atoms with E-state index in [2.05, 4.69) is 64.2 Å². The highest BCUT2D eigenvalue weighted by Gasteiger charge is 2.12. The van der Waals surface area contributed by atoms with Crippen molar-refractivity contribution >= 4 is 17.7 Å². The van der Waals surface area contributed by atoms with Crippen LogP contribution < -0.4 is 5.32 Å². The van der Waals surface area contributed by atoms with Gasteiger partial charge in [0.05, 0.1) is 0 Å². The first kappa shape index (κ1) is 18.0. The van der Waals surface area contributed by atoms with E-state index >= 15 is 0 Å². The van der Waals surface area contributed by atoms with E-state index in [0.717, 1.165) is 11.3 Å². The lowest BCUT2D eigenvalue weighted by Crippen LogP contribution is -2.10. The number of nitrogens with one attached hydrogen (secondary N) is 1. The van der Waals surface area contributed by atoms with Crippen molar-refractivity contribution in [2.75, 3.05) is 5.32 Å². The second-order valence-corrected chi connectivity index (χ2v) is 7.47. The molecule has 0 spiro atoms. The van der Waals surface area contributed by atoms with E-state index in [4.69, 9.17) is 0 Å². The molecule has 0 atom stereocenters. The van der Waals surface area contributed by atoms with E-state index < -0.39 is 0 Å². The van der Waals surface area contributed by atoms with Crippen LogP contribution in [0.25, 0.3) is 6.08 Å². The van der Waals surface area contributed by atoms with Crippen molar-refractivity contribution in [3.8, 4) is 0 Å². The Balaban J connectivity index is 1.97. The lowest BCUT2D eigenvalue weighted by atomic mass is 9.87. The fourth-order valence-corrected chi connectivity index (χ4v) is 2.40. The third-order valence-electron chi connectivity index (χ3n) is 4.05. The van der Waals surface area contributed by atoms with E-state index in [1.807, 2.05) is 30.3 Å². The number of amides is 1. The van der Waals surface area contributed by atoms with Gasteiger partial charge in [0, 0.05) is 11.8 Å². The molecule has 2 nitrogen and oxygen atoms in total. The fourth-order valence-electron chi connectivity index (χ4n) is 2.40. The van der Waals surface area contributed by atoms with E-state index in [-0.39, 0.29) is 11.3 Å². The van der Waals surface area contributed by atoms with Crippen LogP contribution in [0, 0.1) is 0 Å².